The van der Waals surface area contributed by atoms with Crippen LogP contribution in [0.15, 0.2) is 59.6 Å². The average Bonchev–Trinajstić information content (AvgIpc) is 3.06. The molecule has 0 spiro atoms. The molecule has 154 valence electrons. The van der Waals surface area contributed by atoms with Crippen LogP contribution in [0.5, 0.6) is 0 Å². The zero-order valence-corrected chi connectivity index (χ0v) is 18.0. The van der Waals surface area contributed by atoms with E-state index in [-0.39, 0.29) is 23.1 Å². The average molecular weight is 433 g/mol. The smallest absolute Gasteiger partial charge is 0.239 e. The second-order valence-corrected chi connectivity index (χ2v) is 9.48. The molecule has 1 amide bonds. The van der Waals surface area contributed by atoms with Gasteiger partial charge in [-0.1, -0.05) is 61.7 Å². The zero-order chi connectivity index (χ0) is 20.9. The number of nitrogens with zero attached hydrogens (tertiary/aromatic N) is 1. The molecule has 0 bridgehead atoms. The number of hydrogen-bond acceptors (Lipinski definition) is 3. The molecule has 0 saturated heterocycles. The summed E-state index contributed by atoms with van der Waals surface area (Å²) in [7, 11) is -3.59. The minimum atomic E-state index is -3.59. The predicted molar refractivity (Wildman–Crippen MR) is 117 cm³/mol. The number of halogens is 1. The van der Waals surface area contributed by atoms with Crippen molar-refractivity contribution < 1.29 is 13.2 Å². The molecule has 0 saturated carbocycles. The van der Waals surface area contributed by atoms with Crippen molar-refractivity contribution in [1.82, 2.24) is 9.88 Å². The molecule has 0 fully saturated rings. The number of hydrogen-bond donors (Lipinski definition) is 1. The van der Waals surface area contributed by atoms with E-state index < -0.39 is 9.84 Å². The number of fused-ring (bicyclic) bond motifs is 1. The molecule has 1 aromatic heterocycles. The van der Waals surface area contributed by atoms with Crippen LogP contribution in [0.2, 0.25) is 5.02 Å². The lowest BCUT2D eigenvalue weighted by Gasteiger charge is -2.07. The third-order valence-corrected chi connectivity index (χ3v) is 6.73. The maximum atomic E-state index is 13.1. The number of unbranched alkanes of at least 4 members (excludes halogenated alkanes) is 2. The van der Waals surface area contributed by atoms with Crippen LogP contribution < -0.4 is 5.32 Å². The molecule has 3 aromatic rings. The van der Waals surface area contributed by atoms with Crippen LogP contribution in [-0.4, -0.2) is 25.4 Å². The third-order valence-electron chi connectivity index (χ3n) is 4.77. The highest BCUT2D eigenvalue weighted by Crippen LogP contribution is 2.28. The van der Waals surface area contributed by atoms with Gasteiger partial charge in [-0.05, 0) is 30.2 Å². The maximum absolute atomic E-state index is 13.1. The Morgan fingerprint density at radius 1 is 1.07 bits per heavy atom. The summed E-state index contributed by atoms with van der Waals surface area (Å²) < 4.78 is 27.9. The fraction of sp³-hybridized carbons (Fsp3) is 0.318. The number of benzene rings is 2. The number of aromatic nitrogens is 1. The monoisotopic (exact) mass is 432 g/mol. The van der Waals surface area contributed by atoms with Crippen molar-refractivity contribution in [3.8, 4) is 0 Å². The highest BCUT2D eigenvalue weighted by molar-refractivity contribution is 7.90. The van der Waals surface area contributed by atoms with E-state index in [9.17, 15) is 13.2 Å². The lowest BCUT2D eigenvalue weighted by Crippen LogP contribution is -2.28. The van der Waals surface area contributed by atoms with E-state index in [1.54, 1.807) is 47.2 Å². The van der Waals surface area contributed by atoms with Crippen molar-refractivity contribution >= 4 is 38.2 Å². The molecule has 1 N–H and O–H groups in total. The van der Waals surface area contributed by atoms with E-state index in [0.29, 0.717) is 22.5 Å². The van der Waals surface area contributed by atoms with Crippen molar-refractivity contribution in [2.75, 3.05) is 6.54 Å². The van der Waals surface area contributed by atoms with E-state index in [2.05, 4.69) is 12.2 Å². The Hall–Kier alpha value is -2.31. The van der Waals surface area contributed by atoms with Gasteiger partial charge in [0.2, 0.25) is 5.91 Å². The normalized spacial score (nSPS) is 11.7. The molecular formula is C22H25ClN2O3S. The quantitative estimate of drug-likeness (QED) is 0.503. The van der Waals surface area contributed by atoms with E-state index in [0.717, 1.165) is 24.8 Å². The van der Waals surface area contributed by atoms with E-state index in [1.807, 2.05) is 12.1 Å². The second-order valence-electron chi connectivity index (χ2n) is 7.08. The first kappa shape index (κ1) is 21.4. The van der Waals surface area contributed by atoms with Gasteiger partial charge in [0.25, 0.3) is 0 Å². The summed E-state index contributed by atoms with van der Waals surface area (Å²) in [5.41, 5.74) is 1.39. The van der Waals surface area contributed by atoms with Gasteiger partial charge in [0, 0.05) is 28.7 Å². The van der Waals surface area contributed by atoms with E-state index >= 15 is 0 Å². The Labute approximate surface area is 176 Å². The SMILES string of the molecule is CCCCCNC(=O)Cn1cc(S(=O)(=O)Cc2ccc(Cl)cc2)c2ccccc21. The number of para-hydroxylation sites is 1. The number of amides is 1. The number of carbonyl (C=O) groups excluding carboxylic acids is 1. The minimum absolute atomic E-state index is 0.0864. The lowest BCUT2D eigenvalue weighted by atomic mass is 10.2. The van der Waals surface area contributed by atoms with Gasteiger partial charge in [-0.15, -0.1) is 0 Å². The third kappa shape index (κ3) is 5.40. The van der Waals surface area contributed by atoms with Gasteiger partial charge in [-0.2, -0.15) is 0 Å². The summed E-state index contributed by atoms with van der Waals surface area (Å²) in [6.07, 6.45) is 4.67. The van der Waals surface area contributed by atoms with Crippen LogP contribution in [0.4, 0.5) is 0 Å². The van der Waals surface area contributed by atoms with Gasteiger partial charge >= 0.3 is 0 Å². The van der Waals surface area contributed by atoms with Gasteiger partial charge in [0.05, 0.1) is 10.6 Å². The molecule has 0 aliphatic carbocycles. The maximum Gasteiger partial charge on any atom is 0.239 e. The molecular weight excluding hydrogens is 408 g/mol. The fourth-order valence-electron chi connectivity index (χ4n) is 3.28. The minimum Gasteiger partial charge on any atom is -0.355 e. The van der Waals surface area contributed by atoms with E-state index in [1.165, 1.54) is 0 Å². The molecule has 0 unspecified atom stereocenters. The number of nitrogens with one attached hydrogen (secondary N) is 1. The molecule has 29 heavy (non-hydrogen) atoms. The van der Waals surface area contributed by atoms with Gasteiger partial charge < -0.3 is 9.88 Å². The topological polar surface area (TPSA) is 68.2 Å². The fourth-order valence-corrected chi connectivity index (χ4v) is 4.99. The van der Waals surface area contributed by atoms with Crippen molar-refractivity contribution in [3.05, 3.63) is 65.3 Å². The summed E-state index contributed by atoms with van der Waals surface area (Å²) in [5, 5.41) is 4.09. The lowest BCUT2D eigenvalue weighted by molar-refractivity contribution is -0.121. The zero-order valence-electron chi connectivity index (χ0n) is 16.4. The summed E-state index contributed by atoms with van der Waals surface area (Å²) in [6, 6.07) is 14.0. The van der Waals surface area contributed by atoms with Crippen LogP contribution in [0, 0.1) is 0 Å². The first-order chi connectivity index (χ1) is 13.9. The van der Waals surface area contributed by atoms with Crippen LogP contribution in [-0.2, 0) is 26.9 Å². The summed E-state index contributed by atoms with van der Waals surface area (Å²) in [5.74, 6) is -0.245. The molecule has 2 aromatic carbocycles. The van der Waals surface area contributed by atoms with Crippen LogP contribution >= 0.6 is 11.6 Å². The Balaban J connectivity index is 1.85. The summed E-state index contributed by atoms with van der Waals surface area (Å²) in [4.78, 5) is 12.5. The molecule has 0 radical (unpaired) electrons. The van der Waals surface area contributed by atoms with Crippen molar-refractivity contribution in [2.24, 2.45) is 0 Å². The molecule has 0 atom stereocenters. The Morgan fingerprint density at radius 2 is 1.79 bits per heavy atom. The van der Waals surface area contributed by atoms with Crippen molar-refractivity contribution in [1.29, 1.82) is 0 Å². The van der Waals surface area contributed by atoms with Crippen LogP contribution in [0.1, 0.15) is 31.7 Å². The molecule has 5 nitrogen and oxygen atoms in total. The van der Waals surface area contributed by atoms with Gasteiger partial charge in [0.15, 0.2) is 9.84 Å². The Bertz CT molecular complexity index is 1090. The summed E-state index contributed by atoms with van der Waals surface area (Å²) >= 11 is 5.89. The molecule has 3 rings (SSSR count). The highest BCUT2D eigenvalue weighted by atomic mass is 35.5. The van der Waals surface area contributed by atoms with Crippen molar-refractivity contribution in [3.63, 3.8) is 0 Å². The Kier molecular flexibility index (Phi) is 6.98. The first-order valence-corrected chi connectivity index (χ1v) is 11.8. The number of sulfone groups is 1. The largest absolute Gasteiger partial charge is 0.355 e. The molecule has 7 heteroatoms. The number of rotatable bonds is 9. The first-order valence-electron chi connectivity index (χ1n) is 9.72. The highest BCUT2D eigenvalue weighted by Gasteiger charge is 2.22. The predicted octanol–water partition coefficient (Wildman–Crippen LogP) is 4.58. The second kappa shape index (κ2) is 9.46. The molecule has 0 aliphatic heterocycles. The van der Waals surface area contributed by atoms with Crippen LogP contribution in [0.3, 0.4) is 0 Å². The van der Waals surface area contributed by atoms with Crippen LogP contribution in [0.25, 0.3) is 10.9 Å². The van der Waals surface area contributed by atoms with E-state index in [4.69, 9.17) is 11.6 Å². The Morgan fingerprint density at radius 3 is 2.52 bits per heavy atom. The van der Waals surface area contributed by atoms with Gasteiger partial charge in [-0.25, -0.2) is 8.42 Å². The number of carbonyl (C=O) groups is 1. The van der Waals surface area contributed by atoms with Gasteiger partial charge in [-0.3, -0.25) is 4.79 Å². The molecule has 0 aliphatic rings. The standard InChI is InChI=1S/C22H25ClN2O3S/c1-2-3-6-13-24-22(26)15-25-14-21(19-7-4-5-8-20(19)25)29(27,28)16-17-9-11-18(23)12-10-17/h4-5,7-12,14H,2-3,6,13,15-16H2,1H3,(H,24,26). The van der Waals surface area contributed by atoms with Crippen molar-refractivity contribution in [2.45, 2.75) is 43.4 Å². The van der Waals surface area contributed by atoms with Gasteiger partial charge in [0.1, 0.15) is 6.54 Å². The summed E-state index contributed by atoms with van der Waals surface area (Å²) in [6.45, 7) is 2.83. The molecule has 1 heterocycles.